The van der Waals surface area contributed by atoms with Gasteiger partial charge in [0, 0.05) is 18.9 Å². The van der Waals surface area contributed by atoms with Crippen LogP contribution in [0.2, 0.25) is 0 Å². The highest BCUT2D eigenvalue weighted by molar-refractivity contribution is 7.80. The number of para-hydroxylation sites is 1. The van der Waals surface area contributed by atoms with Gasteiger partial charge in [0.2, 0.25) is 0 Å². The summed E-state index contributed by atoms with van der Waals surface area (Å²) in [5, 5.41) is 9.78. The molecular formula is C18H15F3N4S. The van der Waals surface area contributed by atoms with Crippen molar-refractivity contribution in [3.8, 4) is 5.69 Å². The van der Waals surface area contributed by atoms with Crippen LogP contribution in [0.15, 0.2) is 67.0 Å². The molecule has 2 aromatic carbocycles. The van der Waals surface area contributed by atoms with Gasteiger partial charge in [0.25, 0.3) is 0 Å². The number of nitrogens with zero attached hydrogens (tertiary/aromatic N) is 2. The highest BCUT2D eigenvalue weighted by Crippen LogP contribution is 2.34. The minimum absolute atomic E-state index is 0.0773. The Morgan fingerprint density at radius 3 is 2.42 bits per heavy atom. The van der Waals surface area contributed by atoms with Crippen molar-refractivity contribution in [2.45, 2.75) is 12.7 Å². The summed E-state index contributed by atoms with van der Waals surface area (Å²) in [6.45, 7) is 0.388. The lowest BCUT2D eigenvalue weighted by Gasteiger charge is -2.15. The Morgan fingerprint density at radius 2 is 1.77 bits per heavy atom. The molecule has 4 nitrogen and oxygen atoms in total. The molecule has 0 bridgehead atoms. The third-order valence-electron chi connectivity index (χ3n) is 3.64. The van der Waals surface area contributed by atoms with Gasteiger partial charge in [-0.15, -0.1) is 0 Å². The molecule has 0 spiro atoms. The van der Waals surface area contributed by atoms with Crippen molar-refractivity contribution in [2.24, 2.45) is 0 Å². The minimum atomic E-state index is -4.44. The van der Waals surface area contributed by atoms with E-state index >= 15 is 0 Å². The fourth-order valence-electron chi connectivity index (χ4n) is 2.38. The Kier molecular flexibility index (Phi) is 5.22. The molecule has 0 aliphatic rings. The average molecular weight is 376 g/mol. The molecule has 2 N–H and O–H groups in total. The van der Waals surface area contributed by atoms with Crippen LogP contribution in [0.25, 0.3) is 5.69 Å². The SMILES string of the molecule is FC(F)(F)c1ccccc1NC(=S)NCc1ccc(-n2cccn2)cc1. The summed E-state index contributed by atoms with van der Waals surface area (Å²) in [5.41, 5.74) is 1.02. The molecule has 8 heteroatoms. The predicted molar refractivity (Wildman–Crippen MR) is 98.1 cm³/mol. The zero-order chi connectivity index (χ0) is 18.6. The van der Waals surface area contributed by atoms with Crippen molar-refractivity contribution in [3.63, 3.8) is 0 Å². The van der Waals surface area contributed by atoms with Crippen molar-refractivity contribution in [2.75, 3.05) is 5.32 Å². The van der Waals surface area contributed by atoms with Crippen LogP contribution in [0.4, 0.5) is 18.9 Å². The van der Waals surface area contributed by atoms with Gasteiger partial charge in [-0.3, -0.25) is 0 Å². The summed E-state index contributed by atoms with van der Waals surface area (Å²) in [6.07, 6.45) is -0.912. The van der Waals surface area contributed by atoms with Gasteiger partial charge in [0.1, 0.15) is 0 Å². The van der Waals surface area contributed by atoms with Crippen LogP contribution < -0.4 is 10.6 Å². The molecular weight excluding hydrogens is 361 g/mol. The standard InChI is InChI=1S/C18H15F3N4S/c19-18(20,21)15-4-1-2-5-16(15)24-17(26)22-12-13-6-8-14(9-7-13)25-11-3-10-23-25/h1-11H,12H2,(H2,22,24,26). The van der Waals surface area contributed by atoms with Crippen LogP contribution in [-0.2, 0) is 12.7 Å². The first-order valence-electron chi connectivity index (χ1n) is 7.73. The molecule has 3 rings (SSSR count). The van der Waals surface area contributed by atoms with Crippen molar-refractivity contribution in [1.82, 2.24) is 15.1 Å². The van der Waals surface area contributed by atoms with E-state index in [0.29, 0.717) is 6.54 Å². The Bertz CT molecular complexity index is 874. The molecule has 0 fully saturated rings. The largest absolute Gasteiger partial charge is 0.418 e. The van der Waals surface area contributed by atoms with E-state index in [0.717, 1.165) is 17.3 Å². The molecule has 0 aliphatic carbocycles. The number of aromatic nitrogens is 2. The van der Waals surface area contributed by atoms with E-state index < -0.39 is 11.7 Å². The molecule has 3 aromatic rings. The molecule has 1 aromatic heterocycles. The topological polar surface area (TPSA) is 41.9 Å². The molecule has 134 valence electrons. The van der Waals surface area contributed by atoms with Crippen molar-refractivity contribution < 1.29 is 13.2 Å². The van der Waals surface area contributed by atoms with Crippen LogP contribution in [0.3, 0.4) is 0 Å². The van der Waals surface area contributed by atoms with Gasteiger partial charge >= 0.3 is 6.18 Å². The van der Waals surface area contributed by atoms with E-state index in [9.17, 15) is 13.2 Å². The van der Waals surface area contributed by atoms with Crippen molar-refractivity contribution in [3.05, 3.63) is 78.1 Å². The fourth-order valence-corrected chi connectivity index (χ4v) is 2.56. The summed E-state index contributed by atoms with van der Waals surface area (Å²) in [6, 6.07) is 14.7. The first kappa shape index (κ1) is 17.9. The van der Waals surface area contributed by atoms with Gasteiger partial charge in [0.15, 0.2) is 5.11 Å². The fraction of sp³-hybridized carbons (Fsp3) is 0.111. The molecule has 0 aliphatic heterocycles. The van der Waals surface area contributed by atoms with E-state index in [1.54, 1.807) is 10.9 Å². The molecule has 26 heavy (non-hydrogen) atoms. The molecule has 0 atom stereocenters. The lowest BCUT2D eigenvalue weighted by molar-refractivity contribution is -0.136. The molecule has 1 heterocycles. The highest BCUT2D eigenvalue weighted by Gasteiger charge is 2.33. The number of thiocarbonyl (C=S) groups is 1. The predicted octanol–water partition coefficient (Wildman–Crippen LogP) is 4.38. The number of anilines is 1. The molecule has 0 amide bonds. The second-order valence-electron chi connectivity index (χ2n) is 5.47. The maximum Gasteiger partial charge on any atom is 0.418 e. The van der Waals surface area contributed by atoms with Gasteiger partial charge in [0.05, 0.1) is 16.9 Å². The highest BCUT2D eigenvalue weighted by atomic mass is 32.1. The zero-order valence-corrected chi connectivity index (χ0v) is 14.3. The number of rotatable bonds is 4. The molecule has 0 radical (unpaired) electrons. The van der Waals surface area contributed by atoms with Gasteiger partial charge in [-0.05, 0) is 48.1 Å². The lowest BCUT2D eigenvalue weighted by Crippen LogP contribution is -2.29. The number of halogens is 3. The lowest BCUT2D eigenvalue weighted by atomic mass is 10.1. The second kappa shape index (κ2) is 7.57. The van der Waals surface area contributed by atoms with E-state index in [1.165, 1.54) is 18.2 Å². The Morgan fingerprint density at radius 1 is 1.04 bits per heavy atom. The van der Waals surface area contributed by atoms with Crippen molar-refractivity contribution >= 4 is 23.0 Å². The Hall–Kier alpha value is -2.87. The van der Waals surface area contributed by atoms with Gasteiger partial charge in [-0.2, -0.15) is 18.3 Å². The summed E-state index contributed by atoms with van der Waals surface area (Å²) >= 11 is 5.10. The van der Waals surface area contributed by atoms with Crippen LogP contribution in [-0.4, -0.2) is 14.9 Å². The van der Waals surface area contributed by atoms with Crippen molar-refractivity contribution in [1.29, 1.82) is 0 Å². The first-order chi connectivity index (χ1) is 12.4. The number of hydrogen-bond acceptors (Lipinski definition) is 2. The second-order valence-corrected chi connectivity index (χ2v) is 5.88. The number of alkyl halides is 3. The molecule has 0 saturated carbocycles. The smallest absolute Gasteiger partial charge is 0.358 e. The number of hydrogen-bond donors (Lipinski definition) is 2. The minimum Gasteiger partial charge on any atom is -0.358 e. The third kappa shape index (κ3) is 4.40. The summed E-state index contributed by atoms with van der Waals surface area (Å²) in [4.78, 5) is 0. The van der Waals surface area contributed by atoms with Gasteiger partial charge in [-0.1, -0.05) is 24.3 Å². The van der Waals surface area contributed by atoms with Crippen LogP contribution in [0.1, 0.15) is 11.1 Å². The van der Waals surface area contributed by atoms with E-state index in [4.69, 9.17) is 12.2 Å². The zero-order valence-electron chi connectivity index (χ0n) is 13.5. The Labute approximate surface area is 153 Å². The first-order valence-corrected chi connectivity index (χ1v) is 8.14. The normalized spacial score (nSPS) is 11.2. The maximum atomic E-state index is 13.0. The third-order valence-corrected chi connectivity index (χ3v) is 3.89. The van der Waals surface area contributed by atoms with Crippen LogP contribution >= 0.6 is 12.2 Å². The van der Waals surface area contributed by atoms with E-state index in [2.05, 4.69) is 15.7 Å². The van der Waals surface area contributed by atoms with E-state index in [1.807, 2.05) is 36.5 Å². The Balaban J connectivity index is 1.60. The number of nitrogens with one attached hydrogen (secondary N) is 2. The summed E-state index contributed by atoms with van der Waals surface area (Å²) < 4.78 is 40.7. The van der Waals surface area contributed by atoms with Gasteiger partial charge in [-0.25, -0.2) is 4.68 Å². The van der Waals surface area contributed by atoms with Crippen LogP contribution in [0.5, 0.6) is 0 Å². The molecule has 0 unspecified atom stereocenters. The number of benzene rings is 2. The summed E-state index contributed by atoms with van der Waals surface area (Å²) in [7, 11) is 0. The maximum absolute atomic E-state index is 13.0. The molecule has 0 saturated heterocycles. The monoisotopic (exact) mass is 376 g/mol. The van der Waals surface area contributed by atoms with E-state index in [-0.39, 0.29) is 10.8 Å². The van der Waals surface area contributed by atoms with Crippen LogP contribution in [0, 0.1) is 0 Å². The average Bonchev–Trinajstić information content (AvgIpc) is 3.15. The summed E-state index contributed by atoms with van der Waals surface area (Å²) in [5.74, 6) is 0. The van der Waals surface area contributed by atoms with Gasteiger partial charge < -0.3 is 10.6 Å². The quantitative estimate of drug-likeness (QED) is 0.663.